The highest BCUT2D eigenvalue weighted by Gasteiger charge is 2.17. The quantitative estimate of drug-likeness (QED) is 0.238. The van der Waals surface area contributed by atoms with E-state index in [1.165, 1.54) is 0 Å². The highest BCUT2D eigenvalue weighted by molar-refractivity contribution is 7.99. The minimum atomic E-state index is 0.00893. The minimum absolute atomic E-state index is 0.00893. The Hall–Kier alpha value is -3.49. The number of para-hydroxylation sites is 1. The summed E-state index contributed by atoms with van der Waals surface area (Å²) in [7, 11) is 0. The summed E-state index contributed by atoms with van der Waals surface area (Å²) in [5.74, 6) is 2.95. The van der Waals surface area contributed by atoms with Crippen molar-refractivity contribution in [1.82, 2.24) is 20.1 Å². The molecular weight excluding hydrogens is 484 g/mol. The van der Waals surface area contributed by atoms with Gasteiger partial charge in [0.15, 0.2) is 22.5 Å². The number of halogens is 1. The molecule has 0 fully saturated rings. The van der Waals surface area contributed by atoms with Gasteiger partial charge in [0.2, 0.25) is 12.7 Å². The van der Waals surface area contributed by atoms with E-state index in [0.29, 0.717) is 23.7 Å². The van der Waals surface area contributed by atoms with E-state index >= 15 is 0 Å². The summed E-state index contributed by atoms with van der Waals surface area (Å²) in [5, 5.41) is 13.3. The van der Waals surface area contributed by atoms with Gasteiger partial charge in [-0.2, -0.15) is 0 Å². The van der Waals surface area contributed by atoms with Gasteiger partial charge >= 0.3 is 0 Å². The number of nitrogens with zero attached hydrogens (tertiary/aromatic N) is 3. The van der Waals surface area contributed by atoms with Crippen molar-refractivity contribution in [3.05, 3.63) is 83.4 Å². The number of fused-ring (bicyclic) bond motifs is 1. The van der Waals surface area contributed by atoms with E-state index < -0.39 is 0 Å². The summed E-state index contributed by atoms with van der Waals surface area (Å²) >= 11 is 7.64. The number of amides is 1. The van der Waals surface area contributed by atoms with Gasteiger partial charge in [0, 0.05) is 35.0 Å². The molecule has 1 aromatic heterocycles. The number of benzene rings is 3. The summed E-state index contributed by atoms with van der Waals surface area (Å²) in [4.78, 5) is 12.3. The zero-order valence-electron chi connectivity index (χ0n) is 18.8. The zero-order chi connectivity index (χ0) is 24.0. The van der Waals surface area contributed by atoms with Crippen molar-refractivity contribution in [3.63, 3.8) is 0 Å². The Morgan fingerprint density at radius 1 is 1.00 bits per heavy atom. The molecule has 0 saturated carbocycles. The van der Waals surface area contributed by atoms with Crippen LogP contribution in [0.15, 0.2) is 78.0 Å². The molecule has 0 aliphatic carbocycles. The average Bonchev–Trinajstić information content (AvgIpc) is 3.53. The standard InChI is InChI=1S/C26H23ClN4O3S/c27-20-11-9-19(10-12-20)25-29-30-26(31(25)21-5-2-1-3-6-21)35-14-4-7-24(32)28-16-18-8-13-22-23(15-18)34-17-33-22/h1-3,5-6,8-13,15H,4,7,14,16-17H2,(H,28,32). The number of nitrogens with one attached hydrogen (secondary N) is 1. The average molecular weight is 507 g/mol. The van der Waals surface area contributed by atoms with Gasteiger partial charge in [-0.1, -0.05) is 47.6 Å². The largest absolute Gasteiger partial charge is 0.454 e. The molecule has 1 aliphatic rings. The van der Waals surface area contributed by atoms with E-state index in [9.17, 15) is 4.79 Å². The van der Waals surface area contributed by atoms with Gasteiger partial charge in [0.1, 0.15) is 0 Å². The molecule has 35 heavy (non-hydrogen) atoms. The van der Waals surface area contributed by atoms with Crippen LogP contribution in [0, 0.1) is 0 Å². The number of carbonyl (C=O) groups excluding carboxylic acids is 1. The Balaban J connectivity index is 1.18. The molecule has 1 aliphatic heterocycles. The molecule has 4 aromatic rings. The highest BCUT2D eigenvalue weighted by atomic mass is 35.5. The molecule has 1 N–H and O–H groups in total. The van der Waals surface area contributed by atoms with Gasteiger partial charge in [-0.3, -0.25) is 9.36 Å². The van der Waals surface area contributed by atoms with Crippen molar-refractivity contribution >= 4 is 29.3 Å². The second-order valence-corrected chi connectivity index (χ2v) is 9.40. The molecule has 0 atom stereocenters. The van der Waals surface area contributed by atoms with Crippen LogP contribution < -0.4 is 14.8 Å². The minimum Gasteiger partial charge on any atom is -0.454 e. The maximum atomic E-state index is 12.3. The summed E-state index contributed by atoms with van der Waals surface area (Å²) in [6, 6.07) is 23.2. The van der Waals surface area contributed by atoms with Gasteiger partial charge in [0.25, 0.3) is 0 Å². The van der Waals surface area contributed by atoms with Crippen LogP contribution in [0.5, 0.6) is 11.5 Å². The van der Waals surface area contributed by atoms with Crippen molar-refractivity contribution in [3.8, 4) is 28.6 Å². The molecule has 9 heteroatoms. The van der Waals surface area contributed by atoms with Crippen LogP contribution in [0.25, 0.3) is 17.1 Å². The smallest absolute Gasteiger partial charge is 0.231 e. The molecule has 0 spiro atoms. The Bertz CT molecular complexity index is 1310. The number of rotatable bonds is 9. The van der Waals surface area contributed by atoms with Crippen molar-refractivity contribution in [1.29, 1.82) is 0 Å². The van der Waals surface area contributed by atoms with Gasteiger partial charge < -0.3 is 14.8 Å². The van der Waals surface area contributed by atoms with E-state index in [2.05, 4.69) is 15.5 Å². The van der Waals surface area contributed by atoms with Crippen molar-refractivity contribution in [2.24, 2.45) is 0 Å². The number of aromatic nitrogens is 3. The van der Waals surface area contributed by atoms with Gasteiger partial charge in [-0.25, -0.2) is 0 Å². The normalized spacial score (nSPS) is 12.0. The molecule has 0 bridgehead atoms. The van der Waals surface area contributed by atoms with Crippen LogP contribution in [-0.4, -0.2) is 33.2 Å². The molecule has 0 radical (unpaired) electrons. The molecule has 7 nitrogen and oxygen atoms in total. The van der Waals surface area contributed by atoms with Crippen LogP contribution >= 0.6 is 23.4 Å². The van der Waals surface area contributed by atoms with E-state index in [1.54, 1.807) is 11.8 Å². The molecule has 5 rings (SSSR count). The Morgan fingerprint density at radius 2 is 1.80 bits per heavy atom. The lowest BCUT2D eigenvalue weighted by Gasteiger charge is -2.10. The molecule has 2 heterocycles. The summed E-state index contributed by atoms with van der Waals surface area (Å²) < 4.78 is 12.7. The number of ether oxygens (including phenoxy) is 2. The first-order valence-corrected chi connectivity index (χ1v) is 12.6. The lowest BCUT2D eigenvalue weighted by molar-refractivity contribution is -0.121. The third kappa shape index (κ3) is 5.61. The van der Waals surface area contributed by atoms with Crippen LogP contribution in [0.2, 0.25) is 5.02 Å². The topological polar surface area (TPSA) is 78.3 Å². The Labute approximate surface area is 212 Å². The molecule has 3 aromatic carbocycles. The first-order valence-electron chi connectivity index (χ1n) is 11.2. The van der Waals surface area contributed by atoms with Crippen LogP contribution in [0.4, 0.5) is 0 Å². The van der Waals surface area contributed by atoms with Crippen LogP contribution in [0.3, 0.4) is 0 Å². The Morgan fingerprint density at radius 3 is 2.63 bits per heavy atom. The first kappa shape index (κ1) is 23.3. The number of hydrogen-bond donors (Lipinski definition) is 1. The fourth-order valence-electron chi connectivity index (χ4n) is 3.70. The summed E-state index contributed by atoms with van der Waals surface area (Å²) in [5.41, 5.74) is 2.88. The van der Waals surface area contributed by atoms with E-state index in [-0.39, 0.29) is 12.7 Å². The fraction of sp³-hybridized carbons (Fsp3) is 0.192. The number of hydrogen-bond acceptors (Lipinski definition) is 6. The predicted octanol–water partition coefficient (Wildman–Crippen LogP) is 5.51. The van der Waals surface area contributed by atoms with E-state index in [0.717, 1.165) is 45.7 Å². The molecule has 1 amide bonds. The SMILES string of the molecule is O=C(CCCSc1nnc(-c2ccc(Cl)cc2)n1-c1ccccc1)NCc1ccc2c(c1)OCO2. The third-order valence-corrected chi connectivity index (χ3v) is 6.72. The number of carbonyl (C=O) groups is 1. The summed E-state index contributed by atoms with van der Waals surface area (Å²) in [6.45, 7) is 0.692. The third-order valence-electron chi connectivity index (χ3n) is 5.46. The Kier molecular flexibility index (Phi) is 7.20. The molecule has 0 saturated heterocycles. The van der Waals surface area contributed by atoms with Gasteiger partial charge in [-0.15, -0.1) is 10.2 Å². The maximum Gasteiger partial charge on any atom is 0.231 e. The maximum absolute atomic E-state index is 12.3. The lowest BCUT2D eigenvalue weighted by atomic mass is 10.2. The fourth-order valence-corrected chi connectivity index (χ4v) is 4.71. The highest BCUT2D eigenvalue weighted by Crippen LogP contribution is 2.32. The molecule has 178 valence electrons. The summed E-state index contributed by atoms with van der Waals surface area (Å²) in [6.07, 6.45) is 1.15. The van der Waals surface area contributed by atoms with E-state index in [4.69, 9.17) is 21.1 Å². The lowest BCUT2D eigenvalue weighted by Crippen LogP contribution is -2.22. The van der Waals surface area contributed by atoms with Crippen molar-refractivity contribution in [2.75, 3.05) is 12.5 Å². The number of thioether (sulfide) groups is 1. The molecular formula is C26H23ClN4O3S. The monoisotopic (exact) mass is 506 g/mol. The predicted molar refractivity (Wildman–Crippen MR) is 136 cm³/mol. The second kappa shape index (κ2) is 10.8. The first-order chi connectivity index (χ1) is 17.2. The van der Waals surface area contributed by atoms with Gasteiger partial charge in [0.05, 0.1) is 0 Å². The van der Waals surface area contributed by atoms with Crippen LogP contribution in [0.1, 0.15) is 18.4 Å². The van der Waals surface area contributed by atoms with Gasteiger partial charge in [-0.05, 0) is 60.5 Å². The van der Waals surface area contributed by atoms with E-state index in [1.807, 2.05) is 77.4 Å². The zero-order valence-corrected chi connectivity index (χ0v) is 20.4. The second-order valence-electron chi connectivity index (χ2n) is 7.90. The van der Waals surface area contributed by atoms with Crippen LogP contribution in [-0.2, 0) is 11.3 Å². The van der Waals surface area contributed by atoms with Crippen molar-refractivity contribution in [2.45, 2.75) is 24.5 Å². The van der Waals surface area contributed by atoms with Crippen molar-refractivity contribution < 1.29 is 14.3 Å². The molecule has 0 unspecified atom stereocenters.